The number of nitrogens with zero attached hydrogens (tertiary/aromatic N) is 5. The van der Waals surface area contributed by atoms with Crippen LogP contribution in [0.15, 0.2) is 9.95 Å². The van der Waals surface area contributed by atoms with Crippen molar-refractivity contribution in [1.29, 1.82) is 0 Å². The summed E-state index contributed by atoms with van der Waals surface area (Å²) < 4.78 is 3.59. The Bertz CT molecular complexity index is 834. The zero-order valence-electron chi connectivity index (χ0n) is 15.7. The highest BCUT2D eigenvalue weighted by molar-refractivity contribution is 8.00. The van der Waals surface area contributed by atoms with Crippen LogP contribution in [0.1, 0.15) is 40.5 Å². The molecule has 1 aliphatic rings. The molecule has 0 aromatic carbocycles. The van der Waals surface area contributed by atoms with Crippen LogP contribution >= 0.6 is 11.8 Å². The molecule has 2 aromatic heterocycles. The first-order valence-electron chi connectivity index (χ1n) is 8.88. The van der Waals surface area contributed by atoms with Gasteiger partial charge < -0.3 is 15.2 Å². The third-order valence-corrected chi connectivity index (χ3v) is 5.54. The van der Waals surface area contributed by atoms with Gasteiger partial charge in [-0.15, -0.1) is 0 Å². The number of fused-ring (bicyclic) bond motifs is 1. The van der Waals surface area contributed by atoms with E-state index in [0.29, 0.717) is 22.9 Å². The SMILES string of the molecule is CCn1c(N2CCCC(N)C2)nc2nc(SC(C)(C)C)n(C)c(=O)c21. The van der Waals surface area contributed by atoms with Crippen molar-refractivity contribution in [2.75, 3.05) is 18.0 Å². The van der Waals surface area contributed by atoms with Crippen molar-refractivity contribution in [1.82, 2.24) is 19.1 Å². The number of hydrogen-bond donors (Lipinski definition) is 1. The molecule has 1 fully saturated rings. The second kappa shape index (κ2) is 6.64. The number of aryl methyl sites for hydroxylation is 1. The summed E-state index contributed by atoms with van der Waals surface area (Å²) in [7, 11) is 1.78. The minimum absolute atomic E-state index is 0.0271. The van der Waals surface area contributed by atoms with E-state index in [2.05, 4.69) is 25.7 Å². The largest absolute Gasteiger partial charge is 0.341 e. The van der Waals surface area contributed by atoms with Crippen LogP contribution in [0.25, 0.3) is 11.2 Å². The molecule has 2 aromatic rings. The fourth-order valence-corrected chi connectivity index (χ4v) is 4.13. The van der Waals surface area contributed by atoms with Gasteiger partial charge in [0.15, 0.2) is 16.3 Å². The fourth-order valence-electron chi connectivity index (χ4n) is 3.23. The first-order valence-corrected chi connectivity index (χ1v) is 9.69. The lowest BCUT2D eigenvalue weighted by Crippen LogP contribution is -2.44. The number of thioether (sulfide) groups is 1. The van der Waals surface area contributed by atoms with E-state index in [9.17, 15) is 4.79 Å². The molecule has 0 radical (unpaired) electrons. The molecule has 7 nitrogen and oxygen atoms in total. The highest BCUT2D eigenvalue weighted by Crippen LogP contribution is 2.31. The van der Waals surface area contributed by atoms with Crippen LogP contribution in [-0.2, 0) is 13.6 Å². The van der Waals surface area contributed by atoms with Crippen molar-refractivity contribution in [2.24, 2.45) is 12.8 Å². The standard InChI is InChI=1S/C17H28N6OS/c1-6-23-12-13(19-15(23)22-9-7-8-11(18)10-22)20-16(21(5)14(12)24)25-17(2,3)4/h11H,6-10,18H2,1-5H3. The number of piperidine rings is 1. The zero-order chi connectivity index (χ0) is 18.4. The predicted octanol–water partition coefficient (Wildman–Crippen LogP) is 1.97. The van der Waals surface area contributed by atoms with Crippen LogP contribution in [0.2, 0.25) is 0 Å². The maximum atomic E-state index is 13.0. The van der Waals surface area contributed by atoms with Crippen LogP contribution in [-0.4, -0.2) is 43.0 Å². The van der Waals surface area contributed by atoms with Gasteiger partial charge in [0.2, 0.25) is 5.95 Å². The molecule has 1 unspecified atom stereocenters. The number of hydrogen-bond acceptors (Lipinski definition) is 6. The summed E-state index contributed by atoms with van der Waals surface area (Å²) in [5.74, 6) is 0.815. The quantitative estimate of drug-likeness (QED) is 0.662. The van der Waals surface area contributed by atoms with Crippen LogP contribution in [0.5, 0.6) is 0 Å². The Morgan fingerprint density at radius 3 is 2.64 bits per heavy atom. The first-order chi connectivity index (χ1) is 11.7. The van der Waals surface area contributed by atoms with Gasteiger partial charge in [0.05, 0.1) is 0 Å². The number of rotatable bonds is 3. The molecule has 8 heteroatoms. The second-order valence-corrected chi connectivity index (χ2v) is 9.44. The van der Waals surface area contributed by atoms with Gasteiger partial charge in [0.1, 0.15) is 0 Å². The van der Waals surface area contributed by atoms with E-state index in [1.54, 1.807) is 23.4 Å². The molecular weight excluding hydrogens is 336 g/mol. The van der Waals surface area contributed by atoms with Crippen LogP contribution in [0.3, 0.4) is 0 Å². The maximum absolute atomic E-state index is 13.0. The van der Waals surface area contributed by atoms with Crippen molar-refractivity contribution >= 4 is 28.9 Å². The smallest absolute Gasteiger partial charge is 0.280 e. The molecule has 3 heterocycles. The lowest BCUT2D eigenvalue weighted by atomic mass is 10.1. The monoisotopic (exact) mass is 364 g/mol. The van der Waals surface area contributed by atoms with Crippen LogP contribution < -0.4 is 16.2 Å². The molecular formula is C17H28N6OS. The summed E-state index contributed by atoms with van der Waals surface area (Å²) in [6.45, 7) is 10.7. The molecule has 0 saturated carbocycles. The summed E-state index contributed by atoms with van der Waals surface area (Å²) in [5, 5.41) is 0.702. The average molecular weight is 365 g/mol. The Balaban J connectivity index is 2.15. The van der Waals surface area contributed by atoms with Crippen molar-refractivity contribution in [3.05, 3.63) is 10.4 Å². The van der Waals surface area contributed by atoms with Crippen molar-refractivity contribution in [3.63, 3.8) is 0 Å². The van der Waals surface area contributed by atoms with E-state index in [0.717, 1.165) is 31.9 Å². The van der Waals surface area contributed by atoms with Crippen molar-refractivity contribution in [3.8, 4) is 0 Å². The Morgan fingerprint density at radius 1 is 1.32 bits per heavy atom. The minimum atomic E-state index is -0.0429. The second-order valence-electron chi connectivity index (χ2n) is 7.65. The third kappa shape index (κ3) is 3.55. The Morgan fingerprint density at radius 2 is 2.04 bits per heavy atom. The zero-order valence-corrected chi connectivity index (χ0v) is 16.6. The number of aromatic nitrogens is 4. The van der Waals surface area contributed by atoms with Gasteiger partial charge in [-0.2, -0.15) is 4.98 Å². The van der Waals surface area contributed by atoms with Gasteiger partial charge in [-0.25, -0.2) is 4.98 Å². The van der Waals surface area contributed by atoms with Crippen molar-refractivity contribution in [2.45, 2.75) is 63.0 Å². The number of anilines is 1. The topological polar surface area (TPSA) is 82.0 Å². The lowest BCUT2D eigenvalue weighted by Gasteiger charge is -2.31. The van der Waals surface area contributed by atoms with E-state index < -0.39 is 0 Å². The van der Waals surface area contributed by atoms with Crippen LogP contribution in [0, 0.1) is 0 Å². The average Bonchev–Trinajstić information content (AvgIpc) is 2.89. The predicted molar refractivity (Wildman–Crippen MR) is 103 cm³/mol. The normalized spacial score (nSPS) is 19.0. The highest BCUT2D eigenvalue weighted by atomic mass is 32.2. The number of imidazole rings is 1. The Hall–Kier alpha value is -1.54. The molecule has 0 spiro atoms. The molecule has 1 aliphatic heterocycles. The van der Waals surface area contributed by atoms with Gasteiger partial charge in [-0.1, -0.05) is 32.5 Å². The van der Waals surface area contributed by atoms with E-state index in [1.165, 1.54) is 0 Å². The summed E-state index contributed by atoms with van der Waals surface area (Å²) >= 11 is 1.58. The third-order valence-electron chi connectivity index (χ3n) is 4.38. The van der Waals surface area contributed by atoms with E-state index in [4.69, 9.17) is 15.7 Å². The van der Waals surface area contributed by atoms with Crippen LogP contribution in [0.4, 0.5) is 5.95 Å². The van der Waals surface area contributed by atoms with Gasteiger partial charge in [0.25, 0.3) is 5.56 Å². The fraction of sp³-hybridized carbons (Fsp3) is 0.706. The summed E-state index contributed by atoms with van der Waals surface area (Å²) in [4.78, 5) is 24.6. The molecule has 1 atom stereocenters. The summed E-state index contributed by atoms with van der Waals surface area (Å²) in [6, 6.07) is 0.154. The maximum Gasteiger partial charge on any atom is 0.280 e. The Labute approximate surface area is 152 Å². The van der Waals surface area contributed by atoms with Gasteiger partial charge in [-0.05, 0) is 19.8 Å². The van der Waals surface area contributed by atoms with Crippen molar-refractivity contribution < 1.29 is 0 Å². The van der Waals surface area contributed by atoms with Gasteiger partial charge in [-0.3, -0.25) is 9.36 Å². The minimum Gasteiger partial charge on any atom is -0.341 e. The molecule has 0 aliphatic carbocycles. The Kier molecular flexibility index (Phi) is 4.85. The molecule has 0 bridgehead atoms. The molecule has 25 heavy (non-hydrogen) atoms. The molecule has 138 valence electrons. The summed E-state index contributed by atoms with van der Waals surface area (Å²) in [5.41, 5.74) is 7.20. The molecule has 2 N–H and O–H groups in total. The van der Waals surface area contributed by atoms with E-state index in [-0.39, 0.29) is 16.3 Å². The van der Waals surface area contributed by atoms with E-state index in [1.807, 2.05) is 11.5 Å². The van der Waals surface area contributed by atoms with Gasteiger partial charge >= 0.3 is 0 Å². The first kappa shape index (κ1) is 18.3. The summed E-state index contributed by atoms with van der Waals surface area (Å²) in [6.07, 6.45) is 2.08. The highest BCUT2D eigenvalue weighted by Gasteiger charge is 2.25. The number of nitrogens with two attached hydrogens (primary N) is 1. The molecule has 3 rings (SSSR count). The van der Waals surface area contributed by atoms with Gasteiger partial charge in [0, 0.05) is 37.5 Å². The lowest BCUT2D eigenvalue weighted by molar-refractivity contribution is 0.494. The molecule has 0 amide bonds. The molecule has 1 saturated heterocycles. The van der Waals surface area contributed by atoms with E-state index >= 15 is 0 Å².